The van der Waals surface area contributed by atoms with Crippen molar-refractivity contribution in [2.75, 3.05) is 5.32 Å². The molecule has 3 heteroatoms. The van der Waals surface area contributed by atoms with Gasteiger partial charge in [-0.25, -0.2) is 0 Å². The largest absolute Gasteiger partial charge is 0.478 e. The predicted octanol–water partition coefficient (Wildman–Crippen LogP) is 4.48. The predicted molar refractivity (Wildman–Crippen MR) is 94.4 cm³/mol. The molecule has 0 saturated heterocycles. The van der Waals surface area contributed by atoms with Gasteiger partial charge in [0.15, 0.2) is 6.10 Å². The molecule has 0 fully saturated rings. The Morgan fingerprint density at radius 3 is 2.17 bits per heavy atom. The molecule has 0 aliphatic carbocycles. The summed E-state index contributed by atoms with van der Waals surface area (Å²) in [6, 6.07) is 26.7. The van der Waals surface area contributed by atoms with Gasteiger partial charge in [-0.3, -0.25) is 4.79 Å². The summed E-state index contributed by atoms with van der Waals surface area (Å²) in [6.07, 6.45) is -0.607. The van der Waals surface area contributed by atoms with E-state index in [0.717, 1.165) is 11.3 Å². The van der Waals surface area contributed by atoms with Crippen molar-refractivity contribution in [3.63, 3.8) is 0 Å². The van der Waals surface area contributed by atoms with E-state index >= 15 is 0 Å². The normalized spacial score (nSPS) is 18.8. The van der Waals surface area contributed by atoms with Crippen molar-refractivity contribution in [1.29, 1.82) is 0 Å². The Morgan fingerprint density at radius 1 is 0.792 bits per heavy atom. The van der Waals surface area contributed by atoms with E-state index in [-0.39, 0.29) is 11.8 Å². The van der Waals surface area contributed by atoms with E-state index in [9.17, 15) is 4.79 Å². The smallest absolute Gasteiger partial charge is 0.205 e. The van der Waals surface area contributed by atoms with Crippen molar-refractivity contribution in [3.8, 4) is 5.75 Å². The van der Waals surface area contributed by atoms with E-state index in [1.165, 1.54) is 0 Å². The number of carbonyl (C=O) groups excluding carboxylic acids is 1. The second-order valence-electron chi connectivity index (χ2n) is 5.80. The fourth-order valence-corrected chi connectivity index (χ4v) is 3.03. The lowest BCUT2D eigenvalue weighted by Gasteiger charge is -2.34. The SMILES string of the molecule is O=C(c1ccccc1)[C@@H]1Oc2ccccc2N[C@H]1c1ccccc1. The lowest BCUT2D eigenvalue weighted by molar-refractivity contribution is 0.0745. The molecule has 118 valence electrons. The number of ether oxygens (including phenoxy) is 1. The lowest BCUT2D eigenvalue weighted by atomic mass is 9.93. The highest BCUT2D eigenvalue weighted by Crippen LogP contribution is 2.37. The van der Waals surface area contributed by atoms with Gasteiger partial charge in [0.1, 0.15) is 5.75 Å². The molecule has 3 nitrogen and oxygen atoms in total. The summed E-state index contributed by atoms with van der Waals surface area (Å²) in [5, 5.41) is 3.47. The third-order valence-corrected chi connectivity index (χ3v) is 4.23. The van der Waals surface area contributed by atoms with Crippen LogP contribution in [-0.2, 0) is 0 Å². The average molecular weight is 315 g/mol. The van der Waals surface area contributed by atoms with Crippen LogP contribution < -0.4 is 10.1 Å². The molecular weight excluding hydrogens is 298 g/mol. The second kappa shape index (κ2) is 6.20. The van der Waals surface area contributed by atoms with Crippen molar-refractivity contribution in [3.05, 3.63) is 96.1 Å². The number of rotatable bonds is 3. The molecule has 1 aliphatic rings. The average Bonchev–Trinajstić information content (AvgIpc) is 2.68. The van der Waals surface area contributed by atoms with Crippen molar-refractivity contribution < 1.29 is 9.53 Å². The van der Waals surface area contributed by atoms with E-state index in [2.05, 4.69) is 5.32 Å². The maximum Gasteiger partial charge on any atom is 0.205 e. The van der Waals surface area contributed by atoms with E-state index in [1.54, 1.807) is 0 Å². The summed E-state index contributed by atoms with van der Waals surface area (Å²) >= 11 is 0. The molecule has 4 rings (SSSR count). The quantitative estimate of drug-likeness (QED) is 0.724. The highest BCUT2D eigenvalue weighted by atomic mass is 16.5. The van der Waals surface area contributed by atoms with Gasteiger partial charge in [0.2, 0.25) is 5.78 Å². The van der Waals surface area contributed by atoms with E-state index in [4.69, 9.17) is 4.74 Å². The monoisotopic (exact) mass is 315 g/mol. The van der Waals surface area contributed by atoms with E-state index in [1.807, 2.05) is 84.9 Å². The minimum absolute atomic E-state index is 0.0218. The van der Waals surface area contributed by atoms with Gasteiger partial charge in [-0.15, -0.1) is 0 Å². The molecule has 0 spiro atoms. The Bertz CT molecular complexity index is 846. The van der Waals surface area contributed by atoms with Gasteiger partial charge in [-0.05, 0) is 17.7 Å². The molecule has 0 radical (unpaired) electrons. The van der Waals surface area contributed by atoms with Crippen LogP contribution in [0.2, 0.25) is 0 Å². The minimum atomic E-state index is -0.607. The number of benzene rings is 3. The number of carbonyl (C=O) groups is 1. The van der Waals surface area contributed by atoms with Crippen molar-refractivity contribution >= 4 is 11.5 Å². The molecule has 2 atom stereocenters. The van der Waals surface area contributed by atoms with Gasteiger partial charge in [0, 0.05) is 5.56 Å². The van der Waals surface area contributed by atoms with Gasteiger partial charge in [0.05, 0.1) is 11.7 Å². The first kappa shape index (κ1) is 14.5. The summed E-state index contributed by atoms with van der Waals surface area (Å²) in [5.74, 6) is 0.686. The zero-order valence-corrected chi connectivity index (χ0v) is 13.1. The Balaban J connectivity index is 1.75. The highest BCUT2D eigenvalue weighted by molar-refractivity contribution is 6.01. The van der Waals surface area contributed by atoms with Gasteiger partial charge in [0.25, 0.3) is 0 Å². The van der Waals surface area contributed by atoms with Crippen molar-refractivity contribution in [2.45, 2.75) is 12.1 Å². The molecule has 3 aromatic carbocycles. The number of anilines is 1. The van der Waals surface area contributed by atoms with Crippen LogP contribution >= 0.6 is 0 Å². The number of Topliss-reactive ketones (excluding diaryl/α,β-unsaturated/α-hetero) is 1. The summed E-state index contributed by atoms with van der Waals surface area (Å²) in [5.41, 5.74) is 2.59. The zero-order valence-electron chi connectivity index (χ0n) is 13.1. The molecule has 0 aromatic heterocycles. The van der Waals surface area contributed by atoms with Crippen LogP contribution in [0.3, 0.4) is 0 Å². The van der Waals surface area contributed by atoms with Crippen LogP contribution in [-0.4, -0.2) is 11.9 Å². The van der Waals surface area contributed by atoms with Crippen LogP contribution in [0, 0.1) is 0 Å². The molecule has 0 saturated carbocycles. The molecule has 1 aliphatic heterocycles. The fourth-order valence-electron chi connectivity index (χ4n) is 3.03. The van der Waals surface area contributed by atoms with E-state index < -0.39 is 6.10 Å². The minimum Gasteiger partial charge on any atom is -0.478 e. The number of ketones is 1. The fraction of sp³-hybridized carbons (Fsp3) is 0.0952. The van der Waals surface area contributed by atoms with Gasteiger partial charge < -0.3 is 10.1 Å². The number of hydrogen-bond donors (Lipinski definition) is 1. The molecule has 0 unspecified atom stereocenters. The summed E-state index contributed by atoms with van der Waals surface area (Å²) in [7, 11) is 0. The number of fused-ring (bicyclic) bond motifs is 1. The molecule has 3 aromatic rings. The zero-order chi connectivity index (χ0) is 16.4. The van der Waals surface area contributed by atoms with Crippen molar-refractivity contribution in [2.24, 2.45) is 0 Å². The molecule has 0 bridgehead atoms. The van der Waals surface area contributed by atoms with E-state index in [0.29, 0.717) is 11.3 Å². The maximum atomic E-state index is 13.0. The highest BCUT2D eigenvalue weighted by Gasteiger charge is 2.36. The molecule has 1 N–H and O–H groups in total. The first-order valence-electron chi connectivity index (χ1n) is 7.99. The first-order valence-corrected chi connectivity index (χ1v) is 7.99. The Hall–Kier alpha value is -3.07. The summed E-state index contributed by atoms with van der Waals surface area (Å²) in [4.78, 5) is 13.0. The molecule has 24 heavy (non-hydrogen) atoms. The maximum absolute atomic E-state index is 13.0. The third-order valence-electron chi connectivity index (χ3n) is 4.23. The lowest BCUT2D eigenvalue weighted by Crippen LogP contribution is -2.40. The van der Waals surface area contributed by atoms with Crippen LogP contribution in [0.25, 0.3) is 0 Å². The third kappa shape index (κ3) is 2.65. The van der Waals surface area contributed by atoms with Crippen LogP contribution in [0.4, 0.5) is 5.69 Å². The van der Waals surface area contributed by atoms with Crippen LogP contribution in [0.5, 0.6) is 5.75 Å². The second-order valence-corrected chi connectivity index (χ2v) is 5.80. The number of hydrogen-bond acceptors (Lipinski definition) is 3. The number of nitrogens with one attached hydrogen (secondary N) is 1. The molecule has 1 heterocycles. The molecule has 0 amide bonds. The Kier molecular flexibility index (Phi) is 3.75. The summed E-state index contributed by atoms with van der Waals surface area (Å²) < 4.78 is 6.10. The topological polar surface area (TPSA) is 38.3 Å². The first-order chi connectivity index (χ1) is 11.8. The standard InChI is InChI=1S/C21H17NO2/c23-20(16-11-5-2-6-12-16)21-19(15-9-3-1-4-10-15)22-17-13-7-8-14-18(17)24-21/h1-14,19,21-22H/t19-,21+/m0/s1. The van der Waals surface area contributed by atoms with Crippen molar-refractivity contribution in [1.82, 2.24) is 0 Å². The van der Waals surface area contributed by atoms with Gasteiger partial charge in [-0.1, -0.05) is 72.8 Å². The van der Waals surface area contributed by atoms with Crippen LogP contribution in [0.1, 0.15) is 22.0 Å². The Morgan fingerprint density at radius 2 is 1.42 bits per heavy atom. The Labute approximate surface area is 140 Å². The van der Waals surface area contributed by atoms with Crippen LogP contribution in [0.15, 0.2) is 84.9 Å². The summed E-state index contributed by atoms with van der Waals surface area (Å²) in [6.45, 7) is 0. The number of para-hydroxylation sites is 2. The van der Waals surface area contributed by atoms with Gasteiger partial charge in [-0.2, -0.15) is 0 Å². The van der Waals surface area contributed by atoms with Gasteiger partial charge >= 0.3 is 0 Å². The molecular formula is C21H17NO2.